The first-order valence-corrected chi connectivity index (χ1v) is 12.7. The third kappa shape index (κ3) is 5.94. The van der Waals surface area contributed by atoms with Crippen LogP contribution in [-0.2, 0) is 16.4 Å². The van der Waals surface area contributed by atoms with Gasteiger partial charge in [-0.2, -0.15) is 0 Å². The Bertz CT molecular complexity index is 1470. The van der Waals surface area contributed by atoms with Gasteiger partial charge in [-0.05, 0) is 91.9 Å². The fraction of sp³-hybridized carbons (Fsp3) is 0.143. The quantitative estimate of drug-likeness (QED) is 0.354. The molecule has 0 atom stereocenters. The molecule has 0 saturated heterocycles. The molecule has 7 heteroatoms. The summed E-state index contributed by atoms with van der Waals surface area (Å²) in [7, 11) is -3.88. The number of aryl methyl sites for hydroxylation is 3. The molecule has 1 heterocycles. The molecule has 0 unspecified atom stereocenters. The highest BCUT2D eigenvalue weighted by atomic mass is 32.2. The van der Waals surface area contributed by atoms with E-state index in [1.165, 1.54) is 6.07 Å². The molecule has 3 aromatic carbocycles. The van der Waals surface area contributed by atoms with Gasteiger partial charge in [-0.1, -0.05) is 35.9 Å². The van der Waals surface area contributed by atoms with E-state index in [4.69, 9.17) is 0 Å². The summed E-state index contributed by atoms with van der Waals surface area (Å²) in [6.07, 6.45) is 4.29. The van der Waals surface area contributed by atoms with E-state index in [1.807, 2.05) is 62.4 Å². The van der Waals surface area contributed by atoms with Gasteiger partial charge in [0.25, 0.3) is 15.9 Å². The monoisotopic (exact) mass is 485 g/mol. The second-order valence-electron chi connectivity index (χ2n) is 8.59. The Morgan fingerprint density at radius 3 is 2.17 bits per heavy atom. The number of nitrogens with one attached hydrogen (secondary N) is 2. The zero-order valence-corrected chi connectivity index (χ0v) is 20.7. The van der Waals surface area contributed by atoms with Gasteiger partial charge in [-0.25, -0.2) is 8.42 Å². The average molecular weight is 486 g/mol. The normalized spacial score (nSPS) is 11.2. The van der Waals surface area contributed by atoms with Crippen LogP contribution in [0.3, 0.4) is 0 Å². The second-order valence-corrected chi connectivity index (χ2v) is 10.2. The van der Waals surface area contributed by atoms with Crippen molar-refractivity contribution in [3.63, 3.8) is 0 Å². The molecule has 2 N–H and O–H groups in total. The topological polar surface area (TPSA) is 88.2 Å². The maximum absolute atomic E-state index is 13.1. The van der Waals surface area contributed by atoms with Crippen LogP contribution >= 0.6 is 0 Å². The van der Waals surface area contributed by atoms with E-state index >= 15 is 0 Å². The zero-order chi connectivity index (χ0) is 25.0. The maximum atomic E-state index is 13.1. The van der Waals surface area contributed by atoms with E-state index in [0.29, 0.717) is 16.9 Å². The van der Waals surface area contributed by atoms with Crippen LogP contribution in [0.5, 0.6) is 0 Å². The van der Waals surface area contributed by atoms with Gasteiger partial charge in [-0.15, -0.1) is 0 Å². The zero-order valence-electron chi connectivity index (χ0n) is 19.9. The highest BCUT2D eigenvalue weighted by Crippen LogP contribution is 2.24. The van der Waals surface area contributed by atoms with Gasteiger partial charge >= 0.3 is 0 Å². The van der Waals surface area contributed by atoms with Crippen molar-refractivity contribution in [3.8, 4) is 0 Å². The summed E-state index contributed by atoms with van der Waals surface area (Å²) in [5, 5.41) is 2.85. The second kappa shape index (κ2) is 10.1. The number of rotatable bonds is 7. The number of pyridine rings is 1. The summed E-state index contributed by atoms with van der Waals surface area (Å²) in [5.41, 5.74) is 6.09. The molecule has 1 aromatic heterocycles. The number of benzene rings is 3. The Kier molecular flexibility index (Phi) is 6.98. The number of hydrogen-bond donors (Lipinski definition) is 2. The molecule has 0 aliphatic rings. The fourth-order valence-electron chi connectivity index (χ4n) is 3.80. The van der Waals surface area contributed by atoms with Crippen LogP contribution in [0, 0.1) is 20.8 Å². The molecule has 4 rings (SSSR count). The van der Waals surface area contributed by atoms with E-state index in [9.17, 15) is 13.2 Å². The fourth-order valence-corrected chi connectivity index (χ4v) is 5.21. The van der Waals surface area contributed by atoms with Crippen LogP contribution in [0.15, 0.2) is 90.1 Å². The summed E-state index contributed by atoms with van der Waals surface area (Å²) < 4.78 is 28.9. The Hall–Kier alpha value is -3.97. The minimum absolute atomic E-state index is 0.0674. The average Bonchev–Trinajstić information content (AvgIpc) is 2.83. The number of anilines is 2. The molecule has 4 aromatic rings. The highest BCUT2D eigenvalue weighted by molar-refractivity contribution is 7.92. The number of carbonyl (C=O) groups is 1. The van der Waals surface area contributed by atoms with E-state index in [1.54, 1.807) is 37.5 Å². The smallest absolute Gasteiger partial charge is 0.262 e. The van der Waals surface area contributed by atoms with Crippen molar-refractivity contribution in [2.75, 3.05) is 10.0 Å². The molecule has 1 amide bonds. The van der Waals surface area contributed by atoms with Crippen molar-refractivity contribution in [3.05, 3.63) is 119 Å². The third-order valence-corrected chi connectivity index (χ3v) is 7.24. The van der Waals surface area contributed by atoms with Gasteiger partial charge < -0.3 is 5.32 Å². The number of aromatic nitrogens is 1. The van der Waals surface area contributed by atoms with E-state index in [0.717, 1.165) is 28.7 Å². The number of nitrogens with zero attached hydrogens (tertiary/aromatic N) is 1. The first-order valence-electron chi connectivity index (χ1n) is 11.2. The van der Waals surface area contributed by atoms with Gasteiger partial charge in [0.15, 0.2) is 0 Å². The molecule has 6 nitrogen and oxygen atoms in total. The SMILES string of the molecule is Cc1ccc(NS(=O)(=O)c2cc(C(=O)Nc3ccc(Cc4ccncc4)cc3)ccc2C)c(C)c1. The van der Waals surface area contributed by atoms with E-state index in [2.05, 4.69) is 15.0 Å². The maximum Gasteiger partial charge on any atom is 0.262 e. The molecule has 0 aliphatic carbocycles. The first-order chi connectivity index (χ1) is 16.7. The standard InChI is InChI=1S/C28H27N3O3S/c1-19-4-11-26(21(3)16-19)31-35(33,34)27-18-24(8-5-20(27)2)28(32)30-25-9-6-22(7-10-25)17-23-12-14-29-15-13-23/h4-16,18,31H,17H2,1-3H3,(H,30,32). The van der Waals surface area contributed by atoms with Crippen molar-refractivity contribution in [2.45, 2.75) is 32.1 Å². The van der Waals surface area contributed by atoms with E-state index < -0.39 is 10.0 Å². The molecular formula is C28H27N3O3S. The van der Waals surface area contributed by atoms with Crippen molar-refractivity contribution in [1.29, 1.82) is 0 Å². The molecule has 0 radical (unpaired) electrons. The van der Waals surface area contributed by atoms with Crippen molar-refractivity contribution < 1.29 is 13.2 Å². The van der Waals surface area contributed by atoms with Crippen molar-refractivity contribution >= 4 is 27.3 Å². The summed E-state index contributed by atoms with van der Waals surface area (Å²) in [6, 6.07) is 21.7. The minimum Gasteiger partial charge on any atom is -0.322 e. The number of hydrogen-bond acceptors (Lipinski definition) is 4. The number of amides is 1. The number of carbonyl (C=O) groups excluding carboxylic acids is 1. The molecule has 0 spiro atoms. The van der Waals surface area contributed by atoms with Gasteiger partial charge in [0, 0.05) is 23.6 Å². The van der Waals surface area contributed by atoms with Gasteiger partial charge in [-0.3, -0.25) is 14.5 Å². The predicted octanol–water partition coefficient (Wildman–Crippen LogP) is 5.65. The van der Waals surface area contributed by atoms with Crippen LogP contribution in [0.1, 0.15) is 38.2 Å². The van der Waals surface area contributed by atoms with Crippen LogP contribution in [0.25, 0.3) is 0 Å². The minimum atomic E-state index is -3.88. The Morgan fingerprint density at radius 1 is 0.800 bits per heavy atom. The van der Waals surface area contributed by atoms with Crippen LogP contribution in [-0.4, -0.2) is 19.3 Å². The molecule has 178 valence electrons. The first kappa shape index (κ1) is 24.2. The Balaban J connectivity index is 1.50. The summed E-state index contributed by atoms with van der Waals surface area (Å²) >= 11 is 0. The van der Waals surface area contributed by atoms with Gasteiger partial charge in [0.1, 0.15) is 0 Å². The van der Waals surface area contributed by atoms with Crippen LogP contribution < -0.4 is 10.0 Å². The van der Waals surface area contributed by atoms with Gasteiger partial charge in [0.05, 0.1) is 10.6 Å². The molecular weight excluding hydrogens is 458 g/mol. The lowest BCUT2D eigenvalue weighted by atomic mass is 10.1. The summed E-state index contributed by atoms with van der Waals surface area (Å²) in [4.78, 5) is 17.0. The van der Waals surface area contributed by atoms with Crippen molar-refractivity contribution in [1.82, 2.24) is 4.98 Å². The largest absolute Gasteiger partial charge is 0.322 e. The molecule has 0 saturated carbocycles. The lowest BCUT2D eigenvalue weighted by Gasteiger charge is -2.14. The van der Waals surface area contributed by atoms with E-state index in [-0.39, 0.29) is 16.4 Å². The molecule has 0 aliphatic heterocycles. The van der Waals surface area contributed by atoms with Gasteiger partial charge in [0.2, 0.25) is 0 Å². The lowest BCUT2D eigenvalue weighted by Crippen LogP contribution is -2.17. The highest BCUT2D eigenvalue weighted by Gasteiger charge is 2.20. The Morgan fingerprint density at radius 2 is 1.49 bits per heavy atom. The summed E-state index contributed by atoms with van der Waals surface area (Å²) in [6.45, 7) is 5.51. The molecule has 35 heavy (non-hydrogen) atoms. The third-order valence-electron chi connectivity index (χ3n) is 5.74. The predicted molar refractivity (Wildman–Crippen MR) is 139 cm³/mol. The molecule has 0 bridgehead atoms. The van der Waals surface area contributed by atoms with Crippen molar-refractivity contribution in [2.24, 2.45) is 0 Å². The Labute approximate surface area is 206 Å². The van der Waals surface area contributed by atoms with Crippen LogP contribution in [0.2, 0.25) is 0 Å². The molecule has 0 fully saturated rings. The number of sulfonamides is 1. The lowest BCUT2D eigenvalue weighted by molar-refractivity contribution is 0.102. The summed E-state index contributed by atoms with van der Waals surface area (Å²) in [5.74, 6) is -0.380. The van der Waals surface area contributed by atoms with Crippen LogP contribution in [0.4, 0.5) is 11.4 Å².